The lowest BCUT2D eigenvalue weighted by Crippen LogP contribution is -2.30. The number of rotatable bonds is 63. The Hall–Kier alpha value is -2.89. The molecule has 0 aromatic rings. The van der Waals surface area contributed by atoms with Crippen LogP contribution in [0.2, 0.25) is 0 Å². The topological polar surface area (TPSA) is 78.9 Å². The first-order chi connectivity index (χ1) is 38.5. The van der Waals surface area contributed by atoms with Gasteiger partial charge in [0.2, 0.25) is 0 Å². The van der Waals surface area contributed by atoms with Gasteiger partial charge in [-0.25, -0.2) is 0 Å². The number of carbonyl (C=O) groups is 3. The summed E-state index contributed by atoms with van der Waals surface area (Å²) in [6.45, 7) is 6.58. The van der Waals surface area contributed by atoms with Crippen molar-refractivity contribution in [2.75, 3.05) is 13.2 Å². The molecule has 6 heteroatoms. The first-order valence-corrected chi connectivity index (χ1v) is 34.3. The molecule has 78 heavy (non-hydrogen) atoms. The maximum absolute atomic E-state index is 12.9. The number of carbonyl (C=O) groups excluding carboxylic acids is 3. The third kappa shape index (κ3) is 63.9. The molecule has 0 saturated heterocycles. The summed E-state index contributed by atoms with van der Waals surface area (Å²) in [6.07, 6.45) is 85.3. The first kappa shape index (κ1) is 75.1. The Morgan fingerprint density at radius 1 is 0.269 bits per heavy atom. The molecule has 0 aliphatic carbocycles. The Morgan fingerprint density at radius 3 is 0.795 bits per heavy atom. The minimum Gasteiger partial charge on any atom is -0.462 e. The molecule has 1 unspecified atom stereocenters. The Morgan fingerprint density at radius 2 is 0.500 bits per heavy atom. The molecule has 0 aliphatic rings. The predicted octanol–water partition coefficient (Wildman–Crippen LogP) is 23.5. The predicted molar refractivity (Wildman–Crippen MR) is 339 cm³/mol. The van der Waals surface area contributed by atoms with Crippen LogP contribution in [0.5, 0.6) is 0 Å². The largest absolute Gasteiger partial charge is 0.462 e. The van der Waals surface area contributed by atoms with E-state index in [0.29, 0.717) is 19.3 Å². The van der Waals surface area contributed by atoms with Crippen molar-refractivity contribution in [3.63, 3.8) is 0 Å². The van der Waals surface area contributed by atoms with Gasteiger partial charge in [-0.2, -0.15) is 0 Å². The molecule has 0 radical (unpaired) electrons. The van der Waals surface area contributed by atoms with E-state index in [9.17, 15) is 14.4 Å². The molecule has 0 rings (SSSR count). The first-order valence-electron chi connectivity index (χ1n) is 34.3. The van der Waals surface area contributed by atoms with Crippen molar-refractivity contribution in [1.29, 1.82) is 0 Å². The van der Waals surface area contributed by atoms with E-state index in [1.807, 2.05) is 0 Å². The van der Waals surface area contributed by atoms with E-state index in [-0.39, 0.29) is 31.1 Å². The standard InChI is InChI=1S/C72H130O6/c1-4-7-10-13-16-19-22-25-28-30-31-32-33-34-35-36-37-38-39-40-41-43-44-47-50-53-56-59-62-65-71(74)77-68-69(67-76-70(73)64-61-58-55-52-49-46-27-24-21-18-15-12-9-6-3)78-72(75)66-63-60-57-54-51-48-45-42-29-26-23-20-17-14-11-8-5-2/h7,10,16,19,25-26,28-29,31-32,69H,4-6,8-9,11-15,17-18,20-24,27,30,33-68H2,1-3H3/b10-7-,19-16-,28-25-,29-26-,32-31-. The molecule has 454 valence electrons. The second kappa shape index (κ2) is 66.6. The smallest absolute Gasteiger partial charge is 0.306 e. The van der Waals surface area contributed by atoms with Gasteiger partial charge in [0.1, 0.15) is 13.2 Å². The Labute approximate surface area is 485 Å². The van der Waals surface area contributed by atoms with E-state index < -0.39 is 6.10 Å². The zero-order chi connectivity index (χ0) is 56.4. The van der Waals surface area contributed by atoms with E-state index in [1.54, 1.807) is 0 Å². The van der Waals surface area contributed by atoms with Gasteiger partial charge in [0, 0.05) is 19.3 Å². The fourth-order valence-electron chi connectivity index (χ4n) is 10.1. The fourth-order valence-corrected chi connectivity index (χ4v) is 10.1. The third-order valence-electron chi connectivity index (χ3n) is 15.3. The van der Waals surface area contributed by atoms with Crippen LogP contribution in [0.3, 0.4) is 0 Å². The fraction of sp³-hybridized carbons (Fsp3) is 0.819. The lowest BCUT2D eigenvalue weighted by atomic mass is 10.0. The van der Waals surface area contributed by atoms with Crippen molar-refractivity contribution in [1.82, 2.24) is 0 Å². The van der Waals surface area contributed by atoms with E-state index in [2.05, 4.69) is 81.5 Å². The van der Waals surface area contributed by atoms with E-state index in [1.165, 1.54) is 238 Å². The summed E-state index contributed by atoms with van der Waals surface area (Å²) >= 11 is 0. The van der Waals surface area contributed by atoms with Gasteiger partial charge in [-0.05, 0) is 83.5 Å². The molecule has 0 saturated carbocycles. The Kier molecular flexibility index (Phi) is 64.2. The van der Waals surface area contributed by atoms with Crippen LogP contribution >= 0.6 is 0 Å². The van der Waals surface area contributed by atoms with Crippen LogP contribution in [-0.4, -0.2) is 37.2 Å². The highest BCUT2D eigenvalue weighted by atomic mass is 16.6. The molecule has 0 N–H and O–H groups in total. The van der Waals surface area contributed by atoms with Crippen LogP contribution < -0.4 is 0 Å². The summed E-state index contributed by atoms with van der Waals surface area (Å²) in [4.78, 5) is 38.4. The second-order valence-electron chi connectivity index (χ2n) is 23.1. The lowest BCUT2D eigenvalue weighted by molar-refractivity contribution is -0.167. The van der Waals surface area contributed by atoms with Crippen molar-refractivity contribution in [3.8, 4) is 0 Å². The van der Waals surface area contributed by atoms with Gasteiger partial charge in [0.25, 0.3) is 0 Å². The molecule has 0 amide bonds. The van der Waals surface area contributed by atoms with Gasteiger partial charge >= 0.3 is 17.9 Å². The highest BCUT2D eigenvalue weighted by Crippen LogP contribution is 2.18. The molecular formula is C72H130O6. The zero-order valence-corrected chi connectivity index (χ0v) is 52.2. The summed E-state index contributed by atoms with van der Waals surface area (Å²) in [5.74, 6) is -0.851. The molecule has 0 bridgehead atoms. The van der Waals surface area contributed by atoms with Gasteiger partial charge in [-0.15, -0.1) is 0 Å². The molecule has 6 nitrogen and oxygen atoms in total. The molecule has 0 heterocycles. The summed E-state index contributed by atoms with van der Waals surface area (Å²) in [6, 6.07) is 0. The second-order valence-corrected chi connectivity index (χ2v) is 23.1. The van der Waals surface area contributed by atoms with Gasteiger partial charge in [0.05, 0.1) is 0 Å². The maximum atomic E-state index is 12.9. The quantitative estimate of drug-likeness (QED) is 0.0261. The SMILES string of the molecule is CC/C=C\C/C=C\C/C=C\C/C=C\CCCCCCCCCCCCCCCCCCC(=O)OCC(COC(=O)CCCCCCCCCCCCCCCC)OC(=O)CCCCCCCCC/C=C\CCCCCCCC. The monoisotopic (exact) mass is 1090 g/mol. The van der Waals surface area contributed by atoms with E-state index >= 15 is 0 Å². The van der Waals surface area contributed by atoms with Crippen molar-refractivity contribution in [3.05, 3.63) is 60.8 Å². The minimum atomic E-state index is -0.774. The highest BCUT2D eigenvalue weighted by Gasteiger charge is 2.19. The summed E-state index contributed by atoms with van der Waals surface area (Å²) in [5.41, 5.74) is 0. The van der Waals surface area contributed by atoms with Crippen molar-refractivity contribution >= 4 is 17.9 Å². The van der Waals surface area contributed by atoms with Gasteiger partial charge < -0.3 is 14.2 Å². The van der Waals surface area contributed by atoms with Crippen LogP contribution in [0.1, 0.15) is 361 Å². The Bertz CT molecular complexity index is 1390. The maximum Gasteiger partial charge on any atom is 0.306 e. The van der Waals surface area contributed by atoms with Crippen LogP contribution in [0, 0.1) is 0 Å². The third-order valence-corrected chi connectivity index (χ3v) is 15.3. The lowest BCUT2D eigenvalue weighted by Gasteiger charge is -2.18. The van der Waals surface area contributed by atoms with Crippen LogP contribution in [0.4, 0.5) is 0 Å². The average Bonchev–Trinajstić information content (AvgIpc) is 3.44. The normalized spacial score (nSPS) is 12.4. The van der Waals surface area contributed by atoms with Gasteiger partial charge in [0.15, 0.2) is 6.10 Å². The Balaban J connectivity index is 4.21. The van der Waals surface area contributed by atoms with Gasteiger partial charge in [-0.3, -0.25) is 14.4 Å². The van der Waals surface area contributed by atoms with E-state index in [4.69, 9.17) is 14.2 Å². The van der Waals surface area contributed by atoms with Gasteiger partial charge in [-0.1, -0.05) is 319 Å². The van der Waals surface area contributed by atoms with Crippen LogP contribution in [0.15, 0.2) is 60.8 Å². The molecule has 1 atom stereocenters. The molecular weight excluding hydrogens is 961 g/mol. The van der Waals surface area contributed by atoms with Crippen molar-refractivity contribution in [2.45, 2.75) is 367 Å². The number of unbranched alkanes of at least 4 members (excludes halogenated alkanes) is 42. The number of hydrogen-bond donors (Lipinski definition) is 0. The van der Waals surface area contributed by atoms with Crippen molar-refractivity contribution in [2.24, 2.45) is 0 Å². The molecule has 0 aromatic heterocycles. The molecule has 0 aromatic carbocycles. The number of esters is 3. The summed E-state index contributed by atoms with van der Waals surface area (Å²) in [7, 11) is 0. The molecule has 0 spiro atoms. The van der Waals surface area contributed by atoms with Crippen molar-refractivity contribution < 1.29 is 28.6 Å². The average molecular weight is 1090 g/mol. The number of ether oxygens (including phenoxy) is 3. The summed E-state index contributed by atoms with van der Waals surface area (Å²) in [5, 5.41) is 0. The molecule has 0 aliphatic heterocycles. The highest BCUT2D eigenvalue weighted by molar-refractivity contribution is 5.71. The zero-order valence-electron chi connectivity index (χ0n) is 52.2. The van der Waals surface area contributed by atoms with Crippen LogP contribution in [-0.2, 0) is 28.6 Å². The summed E-state index contributed by atoms with van der Waals surface area (Å²) < 4.78 is 17.0. The molecule has 0 fully saturated rings. The van der Waals surface area contributed by atoms with Crippen LogP contribution in [0.25, 0.3) is 0 Å². The number of allylic oxidation sites excluding steroid dienone is 10. The number of hydrogen-bond acceptors (Lipinski definition) is 6. The minimum absolute atomic E-state index is 0.0701. The van der Waals surface area contributed by atoms with E-state index in [0.717, 1.165) is 83.5 Å².